The molecule has 0 aromatic heterocycles. The van der Waals surface area contributed by atoms with E-state index < -0.39 is 0 Å². The molecule has 21 heavy (non-hydrogen) atoms. The number of carbonyl (C=O) groups excluding carboxylic acids is 1. The minimum atomic E-state index is 0.355. The van der Waals surface area contributed by atoms with Crippen molar-refractivity contribution in [2.75, 3.05) is 6.61 Å². The van der Waals surface area contributed by atoms with E-state index in [0.29, 0.717) is 24.5 Å². The van der Waals surface area contributed by atoms with Crippen LogP contribution in [0.5, 0.6) is 5.75 Å². The van der Waals surface area contributed by atoms with Crippen molar-refractivity contribution in [2.24, 2.45) is 0 Å². The number of carbonyl (C=O) groups is 1. The van der Waals surface area contributed by atoms with Crippen LogP contribution in [0.3, 0.4) is 0 Å². The SMILES string of the molecule is CCCOc1c(C)cc(C)cc1C(CC)CCC(=O)CC. The number of ketones is 1. The standard InChI is InChI=1S/C19H30O2/c1-6-11-21-19-15(5)12-14(4)13-18(19)16(7-2)9-10-17(20)8-3/h12-13,16H,6-11H2,1-5H3. The first-order valence-corrected chi connectivity index (χ1v) is 8.29. The molecule has 0 aliphatic rings. The first-order chi connectivity index (χ1) is 10.0. The van der Waals surface area contributed by atoms with E-state index in [-0.39, 0.29) is 0 Å². The van der Waals surface area contributed by atoms with Gasteiger partial charge in [0.05, 0.1) is 6.61 Å². The lowest BCUT2D eigenvalue weighted by Crippen LogP contribution is -2.08. The molecule has 0 saturated carbocycles. The van der Waals surface area contributed by atoms with E-state index in [2.05, 4.69) is 39.8 Å². The predicted molar refractivity (Wildman–Crippen MR) is 89.3 cm³/mol. The Morgan fingerprint density at radius 3 is 2.48 bits per heavy atom. The molecule has 0 aliphatic heterocycles. The highest BCUT2D eigenvalue weighted by Gasteiger charge is 2.18. The number of ether oxygens (including phenoxy) is 1. The third kappa shape index (κ3) is 5.18. The van der Waals surface area contributed by atoms with E-state index in [1.807, 2.05) is 6.92 Å². The Labute approximate surface area is 129 Å². The number of rotatable bonds is 9. The fraction of sp³-hybridized carbons (Fsp3) is 0.632. The Morgan fingerprint density at radius 1 is 1.19 bits per heavy atom. The zero-order chi connectivity index (χ0) is 15.8. The molecule has 0 aliphatic carbocycles. The number of hydrogen-bond acceptors (Lipinski definition) is 2. The molecule has 0 bridgehead atoms. The quantitative estimate of drug-likeness (QED) is 0.613. The monoisotopic (exact) mass is 290 g/mol. The highest BCUT2D eigenvalue weighted by Crippen LogP contribution is 2.36. The van der Waals surface area contributed by atoms with Gasteiger partial charge in [-0.25, -0.2) is 0 Å². The van der Waals surface area contributed by atoms with Crippen LogP contribution in [-0.4, -0.2) is 12.4 Å². The summed E-state index contributed by atoms with van der Waals surface area (Å²) in [5, 5.41) is 0. The maximum Gasteiger partial charge on any atom is 0.132 e. The van der Waals surface area contributed by atoms with Crippen LogP contribution in [0.25, 0.3) is 0 Å². The molecule has 1 unspecified atom stereocenters. The molecule has 0 heterocycles. The van der Waals surface area contributed by atoms with Gasteiger partial charge in [-0.1, -0.05) is 38.5 Å². The number of Topliss-reactive ketones (excluding diaryl/α,β-unsaturated/α-hetero) is 1. The van der Waals surface area contributed by atoms with Crippen molar-refractivity contribution in [2.45, 2.75) is 72.6 Å². The molecule has 0 spiro atoms. The highest BCUT2D eigenvalue weighted by molar-refractivity contribution is 5.78. The van der Waals surface area contributed by atoms with Gasteiger partial charge in [-0.2, -0.15) is 0 Å². The average Bonchev–Trinajstić information content (AvgIpc) is 2.46. The summed E-state index contributed by atoms with van der Waals surface area (Å²) < 4.78 is 6.00. The van der Waals surface area contributed by atoms with Crippen molar-refractivity contribution in [3.8, 4) is 5.75 Å². The molecule has 1 atom stereocenters. The lowest BCUT2D eigenvalue weighted by molar-refractivity contribution is -0.118. The molecule has 1 aromatic carbocycles. The molecule has 1 rings (SSSR count). The summed E-state index contributed by atoms with van der Waals surface area (Å²) >= 11 is 0. The largest absolute Gasteiger partial charge is 0.493 e. The number of aryl methyl sites for hydroxylation is 2. The smallest absolute Gasteiger partial charge is 0.132 e. The van der Waals surface area contributed by atoms with Crippen LogP contribution in [0.1, 0.15) is 75.5 Å². The van der Waals surface area contributed by atoms with Crippen LogP contribution in [0.2, 0.25) is 0 Å². The fourth-order valence-corrected chi connectivity index (χ4v) is 2.78. The van der Waals surface area contributed by atoms with E-state index in [4.69, 9.17) is 4.74 Å². The Morgan fingerprint density at radius 2 is 1.90 bits per heavy atom. The van der Waals surface area contributed by atoms with Crippen molar-refractivity contribution in [1.82, 2.24) is 0 Å². The maximum absolute atomic E-state index is 11.6. The van der Waals surface area contributed by atoms with Crippen molar-refractivity contribution in [1.29, 1.82) is 0 Å². The molecule has 118 valence electrons. The highest BCUT2D eigenvalue weighted by atomic mass is 16.5. The van der Waals surface area contributed by atoms with Gasteiger partial charge in [-0.05, 0) is 50.2 Å². The van der Waals surface area contributed by atoms with E-state index in [1.54, 1.807) is 0 Å². The summed E-state index contributed by atoms with van der Waals surface area (Å²) in [6, 6.07) is 4.42. The summed E-state index contributed by atoms with van der Waals surface area (Å²) in [5.41, 5.74) is 3.76. The Kier molecular flexibility index (Phi) is 7.49. The van der Waals surface area contributed by atoms with Gasteiger partial charge in [-0.15, -0.1) is 0 Å². The molecule has 2 heteroatoms. The Bertz CT molecular complexity index is 463. The summed E-state index contributed by atoms with van der Waals surface area (Å²) in [6.45, 7) is 11.3. The number of benzene rings is 1. The van der Waals surface area contributed by atoms with Gasteiger partial charge < -0.3 is 4.74 Å². The lowest BCUT2D eigenvalue weighted by atomic mass is 9.88. The first kappa shape index (κ1) is 17.7. The predicted octanol–water partition coefficient (Wildman–Crippen LogP) is 5.35. The number of hydrogen-bond donors (Lipinski definition) is 0. The summed E-state index contributed by atoms with van der Waals surface area (Å²) in [4.78, 5) is 11.6. The minimum Gasteiger partial charge on any atom is -0.493 e. The molecular formula is C19H30O2. The van der Waals surface area contributed by atoms with Gasteiger partial charge in [0.2, 0.25) is 0 Å². The van der Waals surface area contributed by atoms with E-state index in [1.165, 1.54) is 16.7 Å². The molecule has 1 aromatic rings. The zero-order valence-corrected chi connectivity index (χ0v) is 14.3. The van der Waals surface area contributed by atoms with Crippen LogP contribution in [0, 0.1) is 13.8 Å². The summed E-state index contributed by atoms with van der Waals surface area (Å²) in [7, 11) is 0. The van der Waals surface area contributed by atoms with Crippen LogP contribution in [0.4, 0.5) is 0 Å². The maximum atomic E-state index is 11.6. The second kappa shape index (κ2) is 8.86. The Hall–Kier alpha value is -1.31. The van der Waals surface area contributed by atoms with E-state index >= 15 is 0 Å². The summed E-state index contributed by atoms with van der Waals surface area (Å²) in [6.07, 6.45) is 4.30. The second-order valence-corrected chi connectivity index (χ2v) is 5.88. The third-order valence-electron chi connectivity index (χ3n) is 4.00. The van der Waals surface area contributed by atoms with E-state index in [9.17, 15) is 4.79 Å². The second-order valence-electron chi connectivity index (χ2n) is 5.88. The van der Waals surface area contributed by atoms with Crippen LogP contribution in [0.15, 0.2) is 12.1 Å². The van der Waals surface area contributed by atoms with Crippen LogP contribution in [-0.2, 0) is 4.79 Å². The van der Waals surface area contributed by atoms with Gasteiger partial charge in [0.15, 0.2) is 0 Å². The van der Waals surface area contributed by atoms with Crippen molar-refractivity contribution in [3.63, 3.8) is 0 Å². The third-order valence-corrected chi connectivity index (χ3v) is 4.00. The molecule has 0 fully saturated rings. The minimum absolute atomic E-state index is 0.355. The fourth-order valence-electron chi connectivity index (χ4n) is 2.78. The summed E-state index contributed by atoms with van der Waals surface area (Å²) in [5.74, 6) is 1.80. The topological polar surface area (TPSA) is 26.3 Å². The van der Waals surface area contributed by atoms with Crippen molar-refractivity contribution in [3.05, 3.63) is 28.8 Å². The van der Waals surface area contributed by atoms with E-state index in [0.717, 1.165) is 31.6 Å². The van der Waals surface area contributed by atoms with Gasteiger partial charge >= 0.3 is 0 Å². The van der Waals surface area contributed by atoms with Crippen LogP contribution < -0.4 is 4.74 Å². The molecule has 0 amide bonds. The van der Waals surface area contributed by atoms with Crippen LogP contribution >= 0.6 is 0 Å². The average molecular weight is 290 g/mol. The van der Waals surface area contributed by atoms with Crippen molar-refractivity contribution >= 4 is 5.78 Å². The Balaban J connectivity index is 3.02. The molecule has 0 saturated heterocycles. The lowest BCUT2D eigenvalue weighted by Gasteiger charge is -2.21. The normalized spacial score (nSPS) is 12.2. The van der Waals surface area contributed by atoms with Gasteiger partial charge in [0.1, 0.15) is 11.5 Å². The molecule has 0 radical (unpaired) electrons. The van der Waals surface area contributed by atoms with Crippen molar-refractivity contribution < 1.29 is 9.53 Å². The van der Waals surface area contributed by atoms with Gasteiger partial charge in [0.25, 0.3) is 0 Å². The van der Waals surface area contributed by atoms with Gasteiger partial charge in [-0.3, -0.25) is 4.79 Å². The molecule has 0 N–H and O–H groups in total. The molecule has 2 nitrogen and oxygen atoms in total. The first-order valence-electron chi connectivity index (χ1n) is 8.29. The van der Waals surface area contributed by atoms with Gasteiger partial charge in [0, 0.05) is 12.8 Å². The zero-order valence-electron chi connectivity index (χ0n) is 14.3. The molecular weight excluding hydrogens is 260 g/mol.